The summed E-state index contributed by atoms with van der Waals surface area (Å²) in [5.41, 5.74) is 1.26. The minimum atomic E-state index is -0.760. The van der Waals surface area contributed by atoms with Gasteiger partial charge in [0.2, 0.25) is 0 Å². The summed E-state index contributed by atoms with van der Waals surface area (Å²) in [5, 5.41) is 5.25. The SMILES string of the molecule is O=C(Nc1ccc(SCC(=O)c2ccc(F)cc2)cc1)/C(=C\c1ccc(Br)cc1)NC(=O)c1ccccc1F. The summed E-state index contributed by atoms with van der Waals surface area (Å²) in [4.78, 5) is 39.0. The number of amides is 2. The van der Waals surface area contributed by atoms with Crippen LogP contribution in [-0.4, -0.2) is 23.4 Å². The Bertz CT molecular complexity index is 1520. The Kier molecular flexibility index (Phi) is 9.40. The molecule has 5 nitrogen and oxygen atoms in total. The summed E-state index contributed by atoms with van der Waals surface area (Å²) >= 11 is 4.67. The van der Waals surface area contributed by atoms with Gasteiger partial charge in [0.25, 0.3) is 11.8 Å². The summed E-state index contributed by atoms with van der Waals surface area (Å²) in [6, 6.07) is 24.8. The number of hydrogen-bond donors (Lipinski definition) is 2. The number of anilines is 1. The van der Waals surface area contributed by atoms with Crippen molar-refractivity contribution >= 4 is 57.1 Å². The summed E-state index contributed by atoms with van der Waals surface area (Å²) in [7, 11) is 0. The minimum Gasteiger partial charge on any atom is -0.321 e. The first-order chi connectivity index (χ1) is 18.8. The molecule has 39 heavy (non-hydrogen) atoms. The van der Waals surface area contributed by atoms with E-state index in [2.05, 4.69) is 26.6 Å². The van der Waals surface area contributed by atoms with E-state index in [1.165, 1.54) is 66.4 Å². The normalized spacial score (nSPS) is 11.1. The van der Waals surface area contributed by atoms with Gasteiger partial charge in [0.1, 0.15) is 17.3 Å². The quantitative estimate of drug-likeness (QED) is 0.121. The standard InChI is InChI=1S/C30H21BrF2N2O3S/c31-21-9-5-19(6-10-21)17-27(35-29(37)25-3-1-2-4-26(25)33)30(38)34-23-13-15-24(16-14-23)39-18-28(36)20-7-11-22(32)12-8-20/h1-17H,18H2,(H,34,38)(H,35,37)/b27-17+. The fourth-order valence-corrected chi connectivity index (χ4v) is 4.48. The Morgan fingerprint density at radius 2 is 1.49 bits per heavy atom. The number of Topliss-reactive ketones (excluding diaryl/α,β-unsaturated/α-hetero) is 1. The van der Waals surface area contributed by atoms with Crippen molar-refractivity contribution in [2.75, 3.05) is 11.1 Å². The Labute approximate surface area is 236 Å². The molecule has 0 atom stereocenters. The van der Waals surface area contributed by atoms with Crippen LogP contribution in [0, 0.1) is 11.6 Å². The highest BCUT2D eigenvalue weighted by Crippen LogP contribution is 2.22. The van der Waals surface area contributed by atoms with E-state index >= 15 is 0 Å². The number of carbonyl (C=O) groups excluding carboxylic acids is 3. The molecular formula is C30H21BrF2N2O3S. The zero-order chi connectivity index (χ0) is 27.8. The van der Waals surface area contributed by atoms with Gasteiger partial charge in [-0.2, -0.15) is 0 Å². The van der Waals surface area contributed by atoms with Gasteiger partial charge in [-0.15, -0.1) is 11.8 Å². The lowest BCUT2D eigenvalue weighted by Crippen LogP contribution is -2.31. The highest BCUT2D eigenvalue weighted by molar-refractivity contribution is 9.10. The van der Waals surface area contributed by atoms with Crippen LogP contribution in [0.3, 0.4) is 0 Å². The molecule has 9 heteroatoms. The molecule has 0 unspecified atom stereocenters. The number of nitrogens with one attached hydrogen (secondary N) is 2. The van der Waals surface area contributed by atoms with E-state index in [0.717, 1.165) is 9.37 Å². The molecule has 0 aliphatic heterocycles. The molecule has 4 aromatic carbocycles. The number of ketones is 1. The van der Waals surface area contributed by atoms with Crippen molar-refractivity contribution in [3.63, 3.8) is 0 Å². The fraction of sp³-hybridized carbons (Fsp3) is 0.0333. The van der Waals surface area contributed by atoms with Gasteiger partial charge in [0, 0.05) is 20.6 Å². The smallest absolute Gasteiger partial charge is 0.272 e. The maximum absolute atomic E-state index is 14.1. The highest BCUT2D eigenvalue weighted by Gasteiger charge is 2.17. The molecule has 0 spiro atoms. The first kappa shape index (κ1) is 27.9. The van der Waals surface area contributed by atoms with E-state index in [-0.39, 0.29) is 22.8 Å². The third kappa shape index (κ3) is 7.95. The van der Waals surface area contributed by atoms with Crippen LogP contribution >= 0.6 is 27.7 Å². The summed E-state index contributed by atoms with van der Waals surface area (Å²) in [5.74, 6) is -2.44. The number of rotatable bonds is 9. The summed E-state index contributed by atoms with van der Waals surface area (Å²) in [6.07, 6.45) is 1.49. The van der Waals surface area contributed by atoms with Crippen LogP contribution in [0.5, 0.6) is 0 Å². The average Bonchev–Trinajstić information content (AvgIpc) is 2.94. The molecule has 196 valence electrons. The second kappa shape index (κ2) is 13.1. The molecule has 0 radical (unpaired) electrons. The van der Waals surface area contributed by atoms with Gasteiger partial charge in [0.15, 0.2) is 5.78 Å². The number of hydrogen-bond acceptors (Lipinski definition) is 4. The van der Waals surface area contributed by atoms with Crippen LogP contribution < -0.4 is 10.6 Å². The van der Waals surface area contributed by atoms with Gasteiger partial charge in [0.05, 0.1) is 11.3 Å². The van der Waals surface area contributed by atoms with Crippen LogP contribution in [0.4, 0.5) is 14.5 Å². The highest BCUT2D eigenvalue weighted by atomic mass is 79.9. The zero-order valence-electron chi connectivity index (χ0n) is 20.3. The molecule has 2 N–H and O–H groups in total. The number of halogens is 3. The third-order valence-corrected chi connectivity index (χ3v) is 6.98. The molecular weight excluding hydrogens is 586 g/mol. The lowest BCUT2D eigenvalue weighted by atomic mass is 10.1. The Morgan fingerprint density at radius 3 is 2.15 bits per heavy atom. The van der Waals surface area contributed by atoms with Crippen molar-refractivity contribution in [2.45, 2.75) is 4.90 Å². The first-order valence-electron chi connectivity index (χ1n) is 11.6. The molecule has 0 saturated heterocycles. The van der Waals surface area contributed by atoms with Gasteiger partial charge in [-0.3, -0.25) is 14.4 Å². The number of thioether (sulfide) groups is 1. The van der Waals surface area contributed by atoms with Crippen LogP contribution in [0.25, 0.3) is 6.08 Å². The van der Waals surface area contributed by atoms with Crippen molar-refractivity contribution in [2.24, 2.45) is 0 Å². The molecule has 0 saturated carbocycles. The molecule has 0 aliphatic rings. The fourth-order valence-electron chi connectivity index (χ4n) is 3.42. The monoisotopic (exact) mass is 606 g/mol. The molecule has 0 aromatic heterocycles. The molecule has 0 fully saturated rings. The van der Waals surface area contributed by atoms with Gasteiger partial charge < -0.3 is 10.6 Å². The van der Waals surface area contributed by atoms with Crippen molar-refractivity contribution in [3.05, 3.63) is 136 Å². The van der Waals surface area contributed by atoms with Gasteiger partial charge in [-0.25, -0.2) is 8.78 Å². The van der Waals surface area contributed by atoms with Gasteiger partial charge in [-0.1, -0.05) is 40.2 Å². The van der Waals surface area contributed by atoms with Crippen LogP contribution in [0.15, 0.2) is 112 Å². The Hall–Kier alpha value is -4.08. The minimum absolute atomic E-state index is 0.0751. The Morgan fingerprint density at radius 1 is 0.821 bits per heavy atom. The molecule has 0 bridgehead atoms. The third-order valence-electron chi connectivity index (χ3n) is 5.44. The predicted molar refractivity (Wildman–Crippen MR) is 153 cm³/mol. The second-order valence-electron chi connectivity index (χ2n) is 8.24. The van der Waals surface area contributed by atoms with E-state index in [4.69, 9.17) is 0 Å². The van der Waals surface area contributed by atoms with Crippen molar-refractivity contribution in [1.29, 1.82) is 0 Å². The molecule has 0 heterocycles. The van der Waals surface area contributed by atoms with E-state index in [1.54, 1.807) is 48.5 Å². The van der Waals surface area contributed by atoms with Crippen molar-refractivity contribution in [1.82, 2.24) is 5.32 Å². The molecule has 0 aliphatic carbocycles. The summed E-state index contributed by atoms with van der Waals surface area (Å²) < 4.78 is 28.1. The van der Waals surface area contributed by atoms with E-state index in [9.17, 15) is 23.2 Å². The summed E-state index contributed by atoms with van der Waals surface area (Å²) in [6.45, 7) is 0. The van der Waals surface area contributed by atoms with Crippen LogP contribution in [-0.2, 0) is 4.79 Å². The first-order valence-corrected chi connectivity index (χ1v) is 13.4. The molecule has 4 rings (SSSR count). The van der Waals surface area contributed by atoms with E-state index in [1.807, 2.05) is 0 Å². The number of carbonyl (C=O) groups is 3. The molecule has 4 aromatic rings. The predicted octanol–water partition coefficient (Wildman–Crippen LogP) is 7.11. The average molecular weight is 607 g/mol. The molecule has 2 amide bonds. The van der Waals surface area contributed by atoms with Crippen LogP contribution in [0.1, 0.15) is 26.3 Å². The van der Waals surface area contributed by atoms with Crippen LogP contribution in [0.2, 0.25) is 0 Å². The lowest BCUT2D eigenvalue weighted by molar-refractivity contribution is -0.113. The lowest BCUT2D eigenvalue weighted by Gasteiger charge is -2.12. The topological polar surface area (TPSA) is 75.3 Å². The maximum Gasteiger partial charge on any atom is 0.272 e. The van der Waals surface area contributed by atoms with Crippen molar-refractivity contribution < 1.29 is 23.2 Å². The van der Waals surface area contributed by atoms with E-state index < -0.39 is 23.4 Å². The number of benzene rings is 4. The van der Waals surface area contributed by atoms with Gasteiger partial charge >= 0.3 is 0 Å². The van der Waals surface area contributed by atoms with E-state index in [0.29, 0.717) is 16.8 Å². The Balaban J connectivity index is 1.45. The maximum atomic E-state index is 14.1. The second-order valence-corrected chi connectivity index (χ2v) is 10.2. The largest absolute Gasteiger partial charge is 0.321 e. The van der Waals surface area contributed by atoms with Gasteiger partial charge in [-0.05, 0) is 84.4 Å². The van der Waals surface area contributed by atoms with Crippen molar-refractivity contribution in [3.8, 4) is 0 Å². The zero-order valence-corrected chi connectivity index (χ0v) is 22.7.